The van der Waals surface area contributed by atoms with Gasteiger partial charge < -0.3 is 9.42 Å². The molecule has 1 amide bonds. The van der Waals surface area contributed by atoms with E-state index in [0.29, 0.717) is 24.8 Å². The largest absolute Gasteiger partial charge is 0.339 e. The molecule has 2 aromatic heterocycles. The third-order valence-electron chi connectivity index (χ3n) is 2.96. The number of carbonyl (C=O) groups is 1. The minimum atomic E-state index is -0.334. The number of likely N-dealkylation sites (tertiary alicyclic amines) is 1. The van der Waals surface area contributed by atoms with E-state index >= 15 is 0 Å². The Morgan fingerprint density at radius 3 is 2.84 bits per heavy atom. The number of nitrogens with zero attached hydrogens (tertiary/aromatic N) is 4. The van der Waals surface area contributed by atoms with Gasteiger partial charge in [0.2, 0.25) is 5.89 Å². The van der Waals surface area contributed by atoms with Crippen LogP contribution in [0.1, 0.15) is 28.1 Å². The van der Waals surface area contributed by atoms with E-state index in [-0.39, 0.29) is 23.1 Å². The summed E-state index contributed by atoms with van der Waals surface area (Å²) in [6.45, 7) is 2.78. The van der Waals surface area contributed by atoms with Gasteiger partial charge in [-0.2, -0.15) is 10.1 Å². The Hall–Kier alpha value is -2.51. The molecule has 0 spiro atoms. The van der Waals surface area contributed by atoms with Gasteiger partial charge in [0.1, 0.15) is 5.69 Å². The fourth-order valence-corrected chi connectivity index (χ4v) is 1.91. The van der Waals surface area contributed by atoms with Gasteiger partial charge in [-0.3, -0.25) is 9.59 Å². The molecule has 1 fully saturated rings. The lowest BCUT2D eigenvalue weighted by molar-refractivity contribution is 0.0562. The Bertz CT molecular complexity index is 650. The van der Waals surface area contributed by atoms with Crippen molar-refractivity contribution in [1.82, 2.24) is 25.2 Å². The third-order valence-corrected chi connectivity index (χ3v) is 2.96. The number of nitrogens with one attached hydrogen (secondary N) is 1. The van der Waals surface area contributed by atoms with Crippen LogP contribution < -0.4 is 5.56 Å². The van der Waals surface area contributed by atoms with Crippen LogP contribution in [0.5, 0.6) is 0 Å². The van der Waals surface area contributed by atoms with Crippen molar-refractivity contribution in [1.29, 1.82) is 0 Å². The molecule has 1 saturated heterocycles. The lowest BCUT2D eigenvalue weighted by atomic mass is 9.99. The highest BCUT2D eigenvalue weighted by Gasteiger charge is 2.36. The second kappa shape index (κ2) is 4.30. The van der Waals surface area contributed by atoms with Gasteiger partial charge in [0, 0.05) is 19.2 Å². The van der Waals surface area contributed by atoms with E-state index in [2.05, 4.69) is 20.3 Å². The van der Waals surface area contributed by atoms with Gasteiger partial charge >= 0.3 is 0 Å². The minimum absolute atomic E-state index is 0.0768. The maximum atomic E-state index is 12.0. The molecule has 0 saturated carbocycles. The van der Waals surface area contributed by atoms with Gasteiger partial charge in [-0.05, 0) is 13.0 Å². The molecule has 19 heavy (non-hydrogen) atoms. The SMILES string of the molecule is Cc1noc(C2CN(C(=O)c3ccc(=O)[nH]n3)C2)n1. The molecule has 0 unspecified atom stereocenters. The predicted octanol–water partition coefficient (Wildman–Crippen LogP) is -0.299. The van der Waals surface area contributed by atoms with Crippen LogP contribution in [0.2, 0.25) is 0 Å². The van der Waals surface area contributed by atoms with Crippen molar-refractivity contribution >= 4 is 5.91 Å². The summed E-state index contributed by atoms with van der Waals surface area (Å²) in [7, 11) is 0. The molecule has 0 aromatic carbocycles. The average molecular weight is 261 g/mol. The number of aromatic nitrogens is 4. The van der Waals surface area contributed by atoms with Gasteiger partial charge in [0.25, 0.3) is 11.5 Å². The molecule has 8 heteroatoms. The van der Waals surface area contributed by atoms with Crippen molar-refractivity contribution in [3.63, 3.8) is 0 Å². The van der Waals surface area contributed by atoms with E-state index < -0.39 is 0 Å². The maximum Gasteiger partial charge on any atom is 0.274 e. The molecule has 0 bridgehead atoms. The summed E-state index contributed by atoms with van der Waals surface area (Å²) in [5, 5.41) is 9.65. The normalized spacial score (nSPS) is 15.3. The van der Waals surface area contributed by atoms with Gasteiger partial charge in [-0.15, -0.1) is 0 Å². The van der Waals surface area contributed by atoms with Crippen molar-refractivity contribution < 1.29 is 9.32 Å². The highest BCUT2D eigenvalue weighted by atomic mass is 16.5. The second-order valence-electron chi connectivity index (χ2n) is 4.39. The molecule has 3 rings (SSSR count). The van der Waals surface area contributed by atoms with Gasteiger partial charge in [-0.25, -0.2) is 5.10 Å². The van der Waals surface area contributed by atoms with Gasteiger partial charge in [0.15, 0.2) is 5.82 Å². The minimum Gasteiger partial charge on any atom is -0.339 e. The third kappa shape index (κ3) is 2.12. The first kappa shape index (κ1) is 11.6. The van der Waals surface area contributed by atoms with Crippen molar-refractivity contribution in [2.75, 3.05) is 13.1 Å². The molecule has 0 radical (unpaired) electrons. The Balaban J connectivity index is 1.65. The summed E-state index contributed by atoms with van der Waals surface area (Å²) in [5.74, 6) is 0.995. The fourth-order valence-electron chi connectivity index (χ4n) is 1.91. The quantitative estimate of drug-likeness (QED) is 0.795. The van der Waals surface area contributed by atoms with Crippen LogP contribution in [0.4, 0.5) is 0 Å². The second-order valence-corrected chi connectivity index (χ2v) is 4.39. The van der Waals surface area contributed by atoms with E-state index in [1.54, 1.807) is 11.8 Å². The standard InChI is InChI=1S/C11H11N5O3/c1-6-12-10(19-15-6)7-4-16(5-7)11(18)8-2-3-9(17)14-13-8/h2-3,7H,4-5H2,1H3,(H,14,17). The molecular formula is C11H11N5O3. The summed E-state index contributed by atoms with van der Waals surface area (Å²) >= 11 is 0. The van der Waals surface area contributed by atoms with Crippen molar-refractivity contribution in [2.24, 2.45) is 0 Å². The monoisotopic (exact) mass is 261 g/mol. The molecule has 98 valence electrons. The van der Waals surface area contributed by atoms with Crippen LogP contribution in [0, 0.1) is 6.92 Å². The lowest BCUT2D eigenvalue weighted by Crippen LogP contribution is -2.49. The van der Waals surface area contributed by atoms with Gasteiger partial charge in [-0.1, -0.05) is 5.16 Å². The number of aromatic amines is 1. The smallest absolute Gasteiger partial charge is 0.274 e. The molecule has 0 atom stereocenters. The number of aryl methyl sites for hydroxylation is 1. The lowest BCUT2D eigenvalue weighted by Gasteiger charge is -2.36. The van der Waals surface area contributed by atoms with Crippen LogP contribution in [0.15, 0.2) is 21.5 Å². The first-order valence-corrected chi connectivity index (χ1v) is 5.78. The average Bonchev–Trinajstić information content (AvgIpc) is 2.74. The molecule has 0 aliphatic carbocycles. The van der Waals surface area contributed by atoms with Gasteiger partial charge in [0.05, 0.1) is 5.92 Å². The number of hydrogen-bond donors (Lipinski definition) is 1. The summed E-state index contributed by atoms with van der Waals surface area (Å²) < 4.78 is 5.06. The van der Waals surface area contributed by atoms with E-state index in [0.717, 1.165) is 0 Å². The summed E-state index contributed by atoms with van der Waals surface area (Å²) in [4.78, 5) is 28.6. The Morgan fingerprint density at radius 1 is 1.47 bits per heavy atom. The topological polar surface area (TPSA) is 105 Å². The van der Waals surface area contributed by atoms with E-state index in [1.165, 1.54) is 12.1 Å². The first-order chi connectivity index (χ1) is 9.13. The summed E-state index contributed by atoms with van der Waals surface area (Å²) in [6.07, 6.45) is 0. The number of carbonyl (C=O) groups excluding carboxylic acids is 1. The molecule has 1 aliphatic rings. The van der Waals surface area contributed by atoms with Crippen LogP contribution >= 0.6 is 0 Å². The number of rotatable bonds is 2. The van der Waals surface area contributed by atoms with Crippen LogP contribution in [-0.2, 0) is 0 Å². The Morgan fingerprint density at radius 2 is 2.26 bits per heavy atom. The zero-order chi connectivity index (χ0) is 13.4. The molecule has 2 aromatic rings. The zero-order valence-electron chi connectivity index (χ0n) is 10.2. The number of amides is 1. The highest BCUT2D eigenvalue weighted by Crippen LogP contribution is 2.26. The maximum absolute atomic E-state index is 12.0. The molecule has 8 nitrogen and oxygen atoms in total. The molecule has 1 N–H and O–H groups in total. The highest BCUT2D eigenvalue weighted by molar-refractivity contribution is 5.92. The zero-order valence-corrected chi connectivity index (χ0v) is 10.2. The number of hydrogen-bond acceptors (Lipinski definition) is 6. The predicted molar refractivity (Wildman–Crippen MR) is 62.5 cm³/mol. The van der Waals surface area contributed by atoms with E-state index in [4.69, 9.17) is 4.52 Å². The van der Waals surface area contributed by atoms with Crippen LogP contribution in [-0.4, -0.2) is 44.2 Å². The van der Waals surface area contributed by atoms with Crippen LogP contribution in [0.25, 0.3) is 0 Å². The fraction of sp³-hybridized carbons (Fsp3) is 0.364. The van der Waals surface area contributed by atoms with E-state index in [1.807, 2.05) is 0 Å². The molecular weight excluding hydrogens is 250 g/mol. The van der Waals surface area contributed by atoms with Crippen molar-refractivity contribution in [2.45, 2.75) is 12.8 Å². The van der Waals surface area contributed by atoms with Crippen molar-refractivity contribution in [3.05, 3.63) is 39.9 Å². The summed E-state index contributed by atoms with van der Waals surface area (Å²) in [5.41, 5.74) is -0.112. The number of H-pyrrole nitrogens is 1. The summed E-state index contributed by atoms with van der Waals surface area (Å²) in [6, 6.07) is 2.68. The Kier molecular flexibility index (Phi) is 2.62. The van der Waals surface area contributed by atoms with E-state index in [9.17, 15) is 9.59 Å². The Labute approximate surface area is 107 Å². The molecule has 3 heterocycles. The van der Waals surface area contributed by atoms with Crippen LogP contribution in [0.3, 0.4) is 0 Å². The molecule has 1 aliphatic heterocycles. The van der Waals surface area contributed by atoms with Crippen molar-refractivity contribution in [3.8, 4) is 0 Å². The first-order valence-electron chi connectivity index (χ1n) is 5.78.